The van der Waals surface area contributed by atoms with Gasteiger partial charge in [-0.25, -0.2) is 4.79 Å². The highest BCUT2D eigenvalue weighted by molar-refractivity contribution is 8.00. The van der Waals surface area contributed by atoms with Crippen LogP contribution in [0, 0.1) is 13.8 Å². The van der Waals surface area contributed by atoms with Crippen molar-refractivity contribution in [1.29, 1.82) is 0 Å². The number of nitrogens with one attached hydrogen (secondary N) is 1. The summed E-state index contributed by atoms with van der Waals surface area (Å²) in [6.45, 7) is 3.44. The number of aryl methyl sites for hydroxylation is 2. The molecule has 0 aliphatic heterocycles. The molecule has 0 saturated heterocycles. The lowest BCUT2D eigenvalue weighted by atomic mass is 10.2. The van der Waals surface area contributed by atoms with Crippen molar-refractivity contribution < 1.29 is 19.1 Å². The van der Waals surface area contributed by atoms with Crippen LogP contribution < -0.4 is 21.9 Å². The number of aromatic nitrogens is 2. The van der Waals surface area contributed by atoms with Crippen molar-refractivity contribution in [2.24, 2.45) is 0 Å². The van der Waals surface area contributed by atoms with Crippen LogP contribution in [-0.2, 0) is 25.6 Å². The number of esters is 1. The fraction of sp³-hybridized carbons (Fsp3) is 0.308. The summed E-state index contributed by atoms with van der Waals surface area (Å²) < 4.78 is 11.4. The van der Waals surface area contributed by atoms with Gasteiger partial charge in [0.05, 0.1) is 18.9 Å². The Hall–Kier alpha value is -3.83. The number of ether oxygens (including phenoxy) is 2. The number of thioether (sulfide) groups is 1. The molecule has 3 N–H and O–H groups in total. The van der Waals surface area contributed by atoms with Crippen molar-refractivity contribution in [2.75, 3.05) is 43.3 Å². The van der Waals surface area contributed by atoms with Crippen LogP contribution in [0.25, 0.3) is 0 Å². The van der Waals surface area contributed by atoms with E-state index in [9.17, 15) is 19.2 Å². The average molecular weight is 527 g/mol. The number of aromatic amines is 1. The third kappa shape index (κ3) is 7.34. The molecule has 0 saturated carbocycles. The standard InChI is InChI=1S/C26H30N4O6S/c1-17-9-10-18(2)20(13-17)37-16-22(32)36-15-21(31)29(11-12-35-3)23-24(27)30(26(34)28-25(23)33)14-19-7-5-4-6-8-19/h4-10,13H,11-12,14-16,27H2,1-3H3,(H,28,33,34). The Morgan fingerprint density at radius 3 is 2.54 bits per heavy atom. The van der Waals surface area contributed by atoms with Gasteiger partial charge in [-0.3, -0.25) is 28.8 Å². The van der Waals surface area contributed by atoms with Gasteiger partial charge in [-0.15, -0.1) is 11.8 Å². The molecule has 1 heterocycles. The molecule has 0 aliphatic carbocycles. The van der Waals surface area contributed by atoms with E-state index in [0.717, 1.165) is 26.5 Å². The van der Waals surface area contributed by atoms with Crippen LogP contribution in [0.1, 0.15) is 16.7 Å². The van der Waals surface area contributed by atoms with Crippen molar-refractivity contribution in [3.05, 3.63) is 86.1 Å². The summed E-state index contributed by atoms with van der Waals surface area (Å²) in [7, 11) is 1.44. The molecule has 0 bridgehead atoms. The van der Waals surface area contributed by atoms with Gasteiger partial charge >= 0.3 is 11.7 Å². The second-order valence-electron chi connectivity index (χ2n) is 8.32. The lowest BCUT2D eigenvalue weighted by Crippen LogP contribution is -2.44. The van der Waals surface area contributed by atoms with Gasteiger partial charge < -0.3 is 15.2 Å². The number of rotatable bonds is 11. The minimum atomic E-state index is -0.826. The van der Waals surface area contributed by atoms with Gasteiger partial charge in [0.2, 0.25) is 0 Å². The Morgan fingerprint density at radius 2 is 1.84 bits per heavy atom. The van der Waals surface area contributed by atoms with Crippen molar-refractivity contribution in [3.63, 3.8) is 0 Å². The highest BCUT2D eigenvalue weighted by atomic mass is 32.2. The molecule has 0 radical (unpaired) electrons. The number of benzene rings is 2. The molecule has 0 spiro atoms. The molecule has 1 amide bonds. The van der Waals surface area contributed by atoms with E-state index in [-0.39, 0.29) is 37.0 Å². The highest BCUT2D eigenvalue weighted by Crippen LogP contribution is 2.24. The Labute approximate surface area is 218 Å². The van der Waals surface area contributed by atoms with Crippen molar-refractivity contribution in [3.8, 4) is 0 Å². The number of nitrogen functional groups attached to an aromatic ring is 1. The minimum absolute atomic E-state index is 0.0142. The summed E-state index contributed by atoms with van der Waals surface area (Å²) in [6.07, 6.45) is 0. The number of hydrogen-bond donors (Lipinski definition) is 2. The Morgan fingerprint density at radius 1 is 1.11 bits per heavy atom. The molecule has 0 aliphatic rings. The summed E-state index contributed by atoms with van der Waals surface area (Å²) in [5.41, 5.74) is 7.38. The first-order chi connectivity index (χ1) is 17.7. The molecule has 11 heteroatoms. The van der Waals surface area contributed by atoms with Crippen LogP contribution in [0.2, 0.25) is 0 Å². The smallest absolute Gasteiger partial charge is 0.330 e. The van der Waals surface area contributed by atoms with Crippen molar-refractivity contribution in [1.82, 2.24) is 9.55 Å². The summed E-state index contributed by atoms with van der Waals surface area (Å²) >= 11 is 1.32. The zero-order valence-electron chi connectivity index (χ0n) is 21.0. The number of carbonyl (C=O) groups is 2. The van der Waals surface area contributed by atoms with E-state index in [4.69, 9.17) is 15.2 Å². The maximum absolute atomic E-state index is 13.1. The van der Waals surface area contributed by atoms with E-state index in [0.29, 0.717) is 0 Å². The molecule has 3 aromatic rings. The number of anilines is 2. The third-order valence-corrected chi connectivity index (χ3v) is 6.66. The summed E-state index contributed by atoms with van der Waals surface area (Å²) in [4.78, 5) is 54.9. The van der Waals surface area contributed by atoms with Crippen LogP contribution in [0.3, 0.4) is 0 Å². The van der Waals surface area contributed by atoms with Crippen LogP contribution in [0.5, 0.6) is 0 Å². The molecule has 0 atom stereocenters. The zero-order valence-corrected chi connectivity index (χ0v) is 21.8. The van der Waals surface area contributed by atoms with E-state index in [1.807, 2.05) is 50.2 Å². The monoisotopic (exact) mass is 526 g/mol. The SMILES string of the molecule is COCCN(C(=O)COC(=O)CSc1cc(C)ccc1C)c1c(N)n(Cc2ccccc2)c(=O)[nH]c1=O. The van der Waals surface area contributed by atoms with E-state index >= 15 is 0 Å². The predicted molar refractivity (Wildman–Crippen MR) is 143 cm³/mol. The average Bonchev–Trinajstić information content (AvgIpc) is 2.88. The molecule has 0 fully saturated rings. The lowest BCUT2D eigenvalue weighted by Gasteiger charge is -2.24. The Bertz CT molecular complexity index is 1370. The molecule has 2 aromatic carbocycles. The Balaban J connectivity index is 1.77. The van der Waals surface area contributed by atoms with E-state index in [2.05, 4.69) is 4.98 Å². The minimum Gasteiger partial charge on any atom is -0.455 e. The van der Waals surface area contributed by atoms with Gasteiger partial charge in [-0.1, -0.05) is 48.0 Å². The van der Waals surface area contributed by atoms with Gasteiger partial charge in [-0.05, 0) is 31.0 Å². The van der Waals surface area contributed by atoms with E-state index in [1.165, 1.54) is 23.4 Å². The zero-order chi connectivity index (χ0) is 26.9. The third-order valence-electron chi connectivity index (χ3n) is 5.53. The number of hydrogen-bond acceptors (Lipinski definition) is 8. The van der Waals surface area contributed by atoms with Gasteiger partial charge in [-0.2, -0.15) is 0 Å². The first-order valence-corrected chi connectivity index (χ1v) is 12.5. The number of nitrogens with two attached hydrogens (primary N) is 1. The molecule has 37 heavy (non-hydrogen) atoms. The number of carbonyl (C=O) groups excluding carboxylic acids is 2. The number of H-pyrrole nitrogens is 1. The second-order valence-corrected chi connectivity index (χ2v) is 9.34. The largest absolute Gasteiger partial charge is 0.455 e. The fourth-order valence-corrected chi connectivity index (χ4v) is 4.49. The van der Waals surface area contributed by atoms with E-state index in [1.54, 1.807) is 12.1 Å². The van der Waals surface area contributed by atoms with Gasteiger partial charge in [0, 0.05) is 18.6 Å². The first-order valence-electron chi connectivity index (χ1n) is 11.5. The fourth-order valence-electron chi connectivity index (χ4n) is 3.57. The Kier molecular flexibility index (Phi) is 9.70. The normalized spacial score (nSPS) is 10.8. The van der Waals surface area contributed by atoms with Crippen LogP contribution in [0.15, 0.2) is 63.0 Å². The number of nitrogens with zero attached hydrogens (tertiary/aromatic N) is 2. The first kappa shape index (κ1) is 27.8. The summed E-state index contributed by atoms with van der Waals surface area (Å²) in [5, 5.41) is 0. The quantitative estimate of drug-likeness (QED) is 0.286. The topological polar surface area (TPSA) is 137 Å². The highest BCUT2D eigenvalue weighted by Gasteiger charge is 2.25. The number of methoxy groups -OCH3 is 1. The maximum Gasteiger partial charge on any atom is 0.330 e. The van der Waals surface area contributed by atoms with Gasteiger partial charge in [0.1, 0.15) is 5.82 Å². The summed E-state index contributed by atoms with van der Waals surface area (Å²) in [5.74, 6) is -1.43. The van der Waals surface area contributed by atoms with Crippen molar-refractivity contribution >= 4 is 35.1 Å². The molecular weight excluding hydrogens is 496 g/mol. The van der Waals surface area contributed by atoms with Crippen LogP contribution >= 0.6 is 11.8 Å². The van der Waals surface area contributed by atoms with Gasteiger partial charge in [0.15, 0.2) is 12.3 Å². The number of amides is 1. The molecule has 196 valence electrons. The van der Waals surface area contributed by atoms with E-state index < -0.39 is 29.7 Å². The summed E-state index contributed by atoms with van der Waals surface area (Å²) in [6, 6.07) is 15.0. The lowest BCUT2D eigenvalue weighted by molar-refractivity contribution is -0.145. The molecular formula is C26H30N4O6S. The van der Waals surface area contributed by atoms with Gasteiger partial charge in [0.25, 0.3) is 11.5 Å². The molecule has 10 nitrogen and oxygen atoms in total. The molecule has 0 unspecified atom stereocenters. The molecule has 1 aromatic heterocycles. The van der Waals surface area contributed by atoms with Crippen LogP contribution in [-0.4, -0.2) is 54.0 Å². The van der Waals surface area contributed by atoms with Crippen molar-refractivity contribution in [2.45, 2.75) is 25.3 Å². The predicted octanol–water partition coefficient (Wildman–Crippen LogP) is 2.10. The van der Waals surface area contributed by atoms with Crippen LogP contribution in [0.4, 0.5) is 11.5 Å². The second kappa shape index (κ2) is 12.9. The molecule has 3 rings (SSSR count). The maximum atomic E-state index is 13.1.